The molecule has 0 saturated heterocycles. The van der Waals surface area contributed by atoms with Crippen molar-refractivity contribution in [3.63, 3.8) is 0 Å². The molecular weight excluding hydrogens is 226 g/mol. The van der Waals surface area contributed by atoms with Crippen LogP contribution in [0.5, 0.6) is 0 Å². The SMILES string of the molecule is COC(C)(C)c1cnc(CC(CN)CC(C)C)[nH]1. The Kier molecular flexibility index (Phi) is 5.35. The molecule has 1 aromatic heterocycles. The van der Waals surface area contributed by atoms with Crippen molar-refractivity contribution in [1.29, 1.82) is 0 Å². The van der Waals surface area contributed by atoms with Gasteiger partial charge < -0.3 is 15.5 Å². The Morgan fingerprint density at radius 3 is 2.61 bits per heavy atom. The molecule has 0 saturated carbocycles. The number of rotatable bonds is 7. The fraction of sp³-hybridized carbons (Fsp3) is 0.786. The van der Waals surface area contributed by atoms with Crippen LogP contribution in [-0.4, -0.2) is 23.6 Å². The van der Waals surface area contributed by atoms with Crippen LogP contribution in [0, 0.1) is 11.8 Å². The molecule has 0 aliphatic heterocycles. The number of imidazole rings is 1. The van der Waals surface area contributed by atoms with E-state index in [4.69, 9.17) is 10.5 Å². The summed E-state index contributed by atoms with van der Waals surface area (Å²) in [5.41, 5.74) is 6.52. The molecule has 0 bridgehead atoms. The van der Waals surface area contributed by atoms with E-state index in [1.165, 1.54) is 0 Å². The van der Waals surface area contributed by atoms with Crippen LogP contribution in [-0.2, 0) is 16.8 Å². The van der Waals surface area contributed by atoms with Gasteiger partial charge in [0, 0.05) is 13.5 Å². The molecule has 0 fully saturated rings. The lowest BCUT2D eigenvalue weighted by Gasteiger charge is -2.21. The maximum absolute atomic E-state index is 5.82. The lowest BCUT2D eigenvalue weighted by atomic mass is 9.94. The lowest BCUT2D eigenvalue weighted by molar-refractivity contribution is 0.0157. The first-order chi connectivity index (χ1) is 8.39. The van der Waals surface area contributed by atoms with Crippen molar-refractivity contribution in [2.24, 2.45) is 17.6 Å². The number of nitrogens with two attached hydrogens (primary N) is 1. The Morgan fingerprint density at radius 2 is 2.11 bits per heavy atom. The number of H-pyrrole nitrogens is 1. The zero-order valence-electron chi connectivity index (χ0n) is 12.3. The molecule has 0 radical (unpaired) electrons. The van der Waals surface area contributed by atoms with E-state index in [-0.39, 0.29) is 5.60 Å². The molecule has 0 amide bonds. The molecule has 4 heteroatoms. The van der Waals surface area contributed by atoms with Crippen molar-refractivity contribution in [3.8, 4) is 0 Å². The Labute approximate surface area is 110 Å². The Hall–Kier alpha value is -0.870. The van der Waals surface area contributed by atoms with Crippen LogP contribution >= 0.6 is 0 Å². The molecule has 18 heavy (non-hydrogen) atoms. The summed E-state index contributed by atoms with van der Waals surface area (Å²) in [7, 11) is 1.71. The molecule has 0 aliphatic carbocycles. The minimum absolute atomic E-state index is 0.318. The normalized spacial score (nSPS) is 14.2. The van der Waals surface area contributed by atoms with Crippen LogP contribution in [0.2, 0.25) is 0 Å². The summed E-state index contributed by atoms with van der Waals surface area (Å²) in [5, 5.41) is 0. The average molecular weight is 253 g/mol. The van der Waals surface area contributed by atoms with Gasteiger partial charge in [-0.15, -0.1) is 0 Å². The lowest BCUT2D eigenvalue weighted by Crippen LogP contribution is -2.21. The van der Waals surface area contributed by atoms with E-state index in [2.05, 4.69) is 23.8 Å². The van der Waals surface area contributed by atoms with Crippen molar-refractivity contribution in [2.75, 3.05) is 13.7 Å². The first-order valence-corrected chi connectivity index (χ1v) is 6.68. The summed E-state index contributed by atoms with van der Waals surface area (Å²) >= 11 is 0. The standard InChI is InChI=1S/C14H27N3O/c1-10(2)6-11(8-15)7-13-16-9-12(17-13)14(3,4)18-5/h9-11H,6-8,15H2,1-5H3,(H,16,17). The second-order valence-electron chi connectivity index (χ2n) is 5.89. The highest BCUT2D eigenvalue weighted by Gasteiger charge is 2.22. The van der Waals surface area contributed by atoms with E-state index < -0.39 is 0 Å². The van der Waals surface area contributed by atoms with Gasteiger partial charge in [-0.1, -0.05) is 13.8 Å². The third-order valence-corrected chi connectivity index (χ3v) is 3.41. The van der Waals surface area contributed by atoms with Crippen LogP contribution in [0.4, 0.5) is 0 Å². The van der Waals surface area contributed by atoms with Crippen LogP contribution in [0.3, 0.4) is 0 Å². The molecule has 3 N–H and O–H groups in total. The summed E-state index contributed by atoms with van der Waals surface area (Å²) in [6.45, 7) is 9.22. The van der Waals surface area contributed by atoms with Gasteiger partial charge in [-0.25, -0.2) is 4.98 Å². The number of methoxy groups -OCH3 is 1. The average Bonchev–Trinajstić information content (AvgIpc) is 2.76. The van der Waals surface area contributed by atoms with E-state index in [0.717, 1.165) is 24.4 Å². The van der Waals surface area contributed by atoms with Gasteiger partial charge in [0.1, 0.15) is 11.4 Å². The quantitative estimate of drug-likeness (QED) is 0.784. The van der Waals surface area contributed by atoms with Gasteiger partial charge in [-0.05, 0) is 38.6 Å². The van der Waals surface area contributed by atoms with Gasteiger partial charge in [0.05, 0.1) is 11.9 Å². The molecule has 1 rings (SSSR count). The highest BCUT2D eigenvalue weighted by atomic mass is 16.5. The number of ether oxygens (including phenoxy) is 1. The van der Waals surface area contributed by atoms with Crippen LogP contribution in [0.15, 0.2) is 6.20 Å². The predicted octanol–water partition coefficient (Wildman–Crippen LogP) is 2.45. The second-order valence-corrected chi connectivity index (χ2v) is 5.89. The third-order valence-electron chi connectivity index (χ3n) is 3.41. The fourth-order valence-electron chi connectivity index (χ4n) is 2.09. The third kappa shape index (κ3) is 4.10. The number of hydrogen-bond acceptors (Lipinski definition) is 3. The Morgan fingerprint density at radius 1 is 1.44 bits per heavy atom. The summed E-state index contributed by atoms with van der Waals surface area (Å²) < 4.78 is 5.44. The maximum atomic E-state index is 5.82. The second kappa shape index (κ2) is 6.34. The molecule has 0 spiro atoms. The van der Waals surface area contributed by atoms with E-state index in [9.17, 15) is 0 Å². The smallest absolute Gasteiger partial charge is 0.106 e. The molecule has 0 aromatic carbocycles. The van der Waals surface area contributed by atoms with Gasteiger partial charge in [0.15, 0.2) is 0 Å². The molecule has 1 heterocycles. The maximum Gasteiger partial charge on any atom is 0.106 e. The zero-order chi connectivity index (χ0) is 13.8. The zero-order valence-corrected chi connectivity index (χ0v) is 12.3. The van der Waals surface area contributed by atoms with Crippen molar-refractivity contribution in [2.45, 2.75) is 46.1 Å². The number of aromatic nitrogens is 2. The highest BCUT2D eigenvalue weighted by molar-refractivity contribution is 5.09. The van der Waals surface area contributed by atoms with Crippen LogP contribution < -0.4 is 5.73 Å². The first-order valence-electron chi connectivity index (χ1n) is 6.68. The molecule has 1 aromatic rings. The number of nitrogens with one attached hydrogen (secondary N) is 1. The van der Waals surface area contributed by atoms with E-state index in [0.29, 0.717) is 18.4 Å². The van der Waals surface area contributed by atoms with Crippen LogP contribution in [0.25, 0.3) is 0 Å². The van der Waals surface area contributed by atoms with Gasteiger partial charge in [0.25, 0.3) is 0 Å². The number of aromatic amines is 1. The topological polar surface area (TPSA) is 63.9 Å². The first kappa shape index (κ1) is 15.2. The summed E-state index contributed by atoms with van der Waals surface area (Å²) in [4.78, 5) is 7.79. The molecule has 1 unspecified atom stereocenters. The van der Waals surface area contributed by atoms with Crippen molar-refractivity contribution >= 4 is 0 Å². The Bertz CT molecular complexity index is 358. The largest absolute Gasteiger partial charge is 0.373 e. The molecule has 0 aliphatic rings. The van der Waals surface area contributed by atoms with Gasteiger partial charge in [-0.3, -0.25) is 0 Å². The summed E-state index contributed by atoms with van der Waals surface area (Å²) in [6.07, 6.45) is 3.91. The van der Waals surface area contributed by atoms with Crippen molar-refractivity contribution < 1.29 is 4.74 Å². The Balaban J connectivity index is 2.68. The monoisotopic (exact) mass is 253 g/mol. The summed E-state index contributed by atoms with van der Waals surface area (Å²) in [5.74, 6) is 2.17. The molecule has 1 atom stereocenters. The van der Waals surface area contributed by atoms with E-state index in [1.807, 2.05) is 20.0 Å². The summed E-state index contributed by atoms with van der Waals surface area (Å²) in [6, 6.07) is 0. The van der Waals surface area contributed by atoms with E-state index in [1.54, 1.807) is 7.11 Å². The number of nitrogens with zero attached hydrogens (tertiary/aromatic N) is 1. The van der Waals surface area contributed by atoms with E-state index >= 15 is 0 Å². The molecular formula is C14H27N3O. The minimum atomic E-state index is -0.318. The van der Waals surface area contributed by atoms with Gasteiger partial charge >= 0.3 is 0 Å². The van der Waals surface area contributed by atoms with Gasteiger partial charge in [-0.2, -0.15) is 0 Å². The predicted molar refractivity (Wildman–Crippen MR) is 74.3 cm³/mol. The molecule has 104 valence electrons. The fourth-order valence-corrected chi connectivity index (χ4v) is 2.09. The van der Waals surface area contributed by atoms with Crippen molar-refractivity contribution in [3.05, 3.63) is 17.7 Å². The minimum Gasteiger partial charge on any atom is -0.373 e. The van der Waals surface area contributed by atoms with Crippen molar-refractivity contribution in [1.82, 2.24) is 9.97 Å². The highest BCUT2D eigenvalue weighted by Crippen LogP contribution is 2.22. The van der Waals surface area contributed by atoms with Crippen LogP contribution in [0.1, 0.15) is 45.6 Å². The number of hydrogen-bond donors (Lipinski definition) is 2. The molecule has 4 nitrogen and oxygen atoms in total. The van der Waals surface area contributed by atoms with Gasteiger partial charge in [0.2, 0.25) is 0 Å².